The third-order valence-electron chi connectivity index (χ3n) is 3.14. The van der Waals surface area contributed by atoms with Crippen LogP contribution in [0.15, 0.2) is 42.5 Å². The Bertz CT molecular complexity index is 714. The van der Waals surface area contributed by atoms with Crippen LogP contribution in [0.5, 0.6) is 0 Å². The Balaban J connectivity index is 2.00. The molecule has 2 N–H and O–H groups in total. The van der Waals surface area contributed by atoms with Crippen LogP contribution in [0.25, 0.3) is 0 Å². The van der Waals surface area contributed by atoms with Gasteiger partial charge in [0.25, 0.3) is 0 Å². The molecule has 0 spiro atoms. The second-order valence-corrected chi connectivity index (χ2v) is 5.39. The van der Waals surface area contributed by atoms with Crippen LogP contribution in [0.4, 0.5) is 11.4 Å². The van der Waals surface area contributed by atoms with Crippen molar-refractivity contribution in [3.05, 3.63) is 58.6 Å². The highest BCUT2D eigenvalue weighted by molar-refractivity contribution is 6.33. The van der Waals surface area contributed by atoms with Crippen LogP contribution in [0.3, 0.4) is 0 Å². The highest BCUT2D eigenvalue weighted by atomic mass is 35.5. The fourth-order valence-electron chi connectivity index (χ4n) is 2.03. The average molecular weight is 317 g/mol. The average Bonchev–Trinajstić information content (AvgIpc) is 2.46. The Kier molecular flexibility index (Phi) is 5.17. The maximum Gasteiger partial charge on any atom is 0.243 e. The van der Waals surface area contributed by atoms with Gasteiger partial charge in [-0.05, 0) is 43.7 Å². The predicted octanol–water partition coefficient (Wildman–Crippen LogP) is 3.90. The van der Waals surface area contributed by atoms with E-state index in [4.69, 9.17) is 11.6 Å². The number of hydrogen-bond donors (Lipinski definition) is 2. The zero-order valence-corrected chi connectivity index (χ0v) is 13.2. The van der Waals surface area contributed by atoms with Gasteiger partial charge in [-0.1, -0.05) is 29.8 Å². The van der Waals surface area contributed by atoms with Gasteiger partial charge in [0.2, 0.25) is 5.91 Å². The molecular weight excluding hydrogens is 300 g/mol. The second kappa shape index (κ2) is 7.09. The van der Waals surface area contributed by atoms with E-state index in [0.29, 0.717) is 22.0 Å². The highest BCUT2D eigenvalue weighted by Crippen LogP contribution is 2.22. The number of ketones is 1. The van der Waals surface area contributed by atoms with Crippen molar-refractivity contribution in [2.45, 2.75) is 13.8 Å². The summed E-state index contributed by atoms with van der Waals surface area (Å²) in [5.74, 6) is -0.337. The first-order chi connectivity index (χ1) is 10.5. The lowest BCUT2D eigenvalue weighted by atomic mass is 10.1. The lowest BCUT2D eigenvalue weighted by molar-refractivity contribution is -0.114. The molecule has 0 atom stereocenters. The number of rotatable bonds is 5. The molecule has 0 bridgehead atoms. The van der Waals surface area contributed by atoms with Crippen molar-refractivity contribution in [3.8, 4) is 0 Å². The number of anilines is 2. The van der Waals surface area contributed by atoms with Crippen LogP contribution in [-0.4, -0.2) is 18.2 Å². The summed E-state index contributed by atoms with van der Waals surface area (Å²) in [5, 5.41) is 6.27. The van der Waals surface area contributed by atoms with Gasteiger partial charge >= 0.3 is 0 Å². The van der Waals surface area contributed by atoms with Crippen LogP contribution in [0.1, 0.15) is 22.8 Å². The molecule has 114 valence electrons. The molecule has 0 saturated heterocycles. The lowest BCUT2D eigenvalue weighted by Crippen LogP contribution is -2.22. The maximum absolute atomic E-state index is 12.0. The van der Waals surface area contributed by atoms with Crippen molar-refractivity contribution < 1.29 is 9.59 Å². The Morgan fingerprint density at radius 3 is 2.50 bits per heavy atom. The number of halogens is 1. The highest BCUT2D eigenvalue weighted by Gasteiger charge is 2.10. The van der Waals surface area contributed by atoms with Crippen LogP contribution >= 0.6 is 11.6 Å². The van der Waals surface area contributed by atoms with E-state index in [1.54, 1.807) is 24.3 Å². The van der Waals surface area contributed by atoms with E-state index in [1.165, 1.54) is 6.92 Å². The number of amides is 1. The van der Waals surface area contributed by atoms with Crippen LogP contribution in [0.2, 0.25) is 5.02 Å². The fourth-order valence-corrected chi connectivity index (χ4v) is 2.33. The number of carbonyl (C=O) groups is 2. The number of aryl methyl sites for hydroxylation is 1. The molecule has 2 aromatic carbocycles. The minimum atomic E-state index is -0.245. The number of Topliss-reactive ketones (excluding diaryl/α,β-unsaturated/α-hetero) is 1. The quantitative estimate of drug-likeness (QED) is 0.822. The van der Waals surface area contributed by atoms with Gasteiger partial charge in [-0.2, -0.15) is 0 Å². The molecule has 5 heteroatoms. The Morgan fingerprint density at radius 2 is 1.82 bits per heavy atom. The van der Waals surface area contributed by atoms with E-state index >= 15 is 0 Å². The van der Waals surface area contributed by atoms with Crippen molar-refractivity contribution in [1.29, 1.82) is 0 Å². The van der Waals surface area contributed by atoms with Gasteiger partial charge < -0.3 is 10.6 Å². The number of nitrogens with one attached hydrogen (secondary N) is 2. The van der Waals surface area contributed by atoms with Crippen LogP contribution in [0, 0.1) is 6.92 Å². The van der Waals surface area contributed by atoms with E-state index < -0.39 is 0 Å². The molecule has 1 amide bonds. The van der Waals surface area contributed by atoms with Gasteiger partial charge in [0, 0.05) is 5.56 Å². The molecular formula is C17H17ClN2O2. The van der Waals surface area contributed by atoms with E-state index in [0.717, 1.165) is 5.56 Å². The minimum absolute atomic E-state index is 0.0645. The molecule has 0 aliphatic heterocycles. The van der Waals surface area contributed by atoms with Gasteiger partial charge in [0.05, 0.1) is 22.9 Å². The van der Waals surface area contributed by atoms with Gasteiger partial charge in [0.1, 0.15) is 0 Å². The topological polar surface area (TPSA) is 58.2 Å². The minimum Gasteiger partial charge on any atom is -0.375 e. The van der Waals surface area contributed by atoms with Crippen molar-refractivity contribution in [1.82, 2.24) is 0 Å². The molecule has 0 aliphatic rings. The molecule has 0 radical (unpaired) electrons. The maximum atomic E-state index is 12.0. The molecule has 0 heterocycles. The monoisotopic (exact) mass is 316 g/mol. The van der Waals surface area contributed by atoms with E-state index in [2.05, 4.69) is 10.6 Å². The Hall–Kier alpha value is -2.33. The summed E-state index contributed by atoms with van der Waals surface area (Å²) < 4.78 is 0. The van der Waals surface area contributed by atoms with Crippen LogP contribution in [-0.2, 0) is 4.79 Å². The van der Waals surface area contributed by atoms with Gasteiger partial charge in [-0.25, -0.2) is 0 Å². The molecule has 0 saturated carbocycles. The van der Waals surface area contributed by atoms with E-state index in [9.17, 15) is 9.59 Å². The molecule has 2 aromatic rings. The summed E-state index contributed by atoms with van der Waals surface area (Å²) >= 11 is 6.10. The lowest BCUT2D eigenvalue weighted by Gasteiger charge is -2.11. The summed E-state index contributed by atoms with van der Waals surface area (Å²) in [6, 6.07) is 12.5. The zero-order valence-electron chi connectivity index (χ0n) is 12.4. The summed E-state index contributed by atoms with van der Waals surface area (Å²) in [7, 11) is 0. The largest absolute Gasteiger partial charge is 0.375 e. The first-order valence-electron chi connectivity index (χ1n) is 6.87. The normalized spacial score (nSPS) is 10.1. The molecule has 0 aromatic heterocycles. The molecule has 2 rings (SSSR count). The summed E-state index contributed by atoms with van der Waals surface area (Å²) in [4.78, 5) is 23.5. The van der Waals surface area contributed by atoms with Crippen LogP contribution < -0.4 is 10.6 Å². The van der Waals surface area contributed by atoms with Crippen molar-refractivity contribution in [2.24, 2.45) is 0 Å². The fraction of sp³-hybridized carbons (Fsp3) is 0.176. The summed E-state index contributed by atoms with van der Waals surface area (Å²) in [6.07, 6.45) is 0. The standard InChI is InChI=1S/C17H17ClN2O2/c1-11-7-8-16(14(18)9-11)19-10-17(22)20-15-6-4-3-5-13(15)12(2)21/h3-9,19H,10H2,1-2H3,(H,20,22). The molecule has 4 nitrogen and oxygen atoms in total. The van der Waals surface area contributed by atoms with Crippen molar-refractivity contribution in [3.63, 3.8) is 0 Å². The number of hydrogen-bond acceptors (Lipinski definition) is 3. The predicted molar refractivity (Wildman–Crippen MR) is 89.8 cm³/mol. The van der Waals surface area contributed by atoms with Gasteiger partial charge in [-0.3, -0.25) is 9.59 Å². The first-order valence-corrected chi connectivity index (χ1v) is 7.25. The molecule has 22 heavy (non-hydrogen) atoms. The number of benzene rings is 2. The van der Waals surface area contributed by atoms with Crippen molar-refractivity contribution in [2.75, 3.05) is 17.2 Å². The smallest absolute Gasteiger partial charge is 0.243 e. The molecule has 0 fully saturated rings. The Labute approximate surface area is 134 Å². The number of para-hydroxylation sites is 1. The third kappa shape index (κ3) is 4.09. The summed E-state index contributed by atoms with van der Waals surface area (Å²) in [6.45, 7) is 3.48. The van der Waals surface area contributed by atoms with Crippen molar-refractivity contribution >= 4 is 34.7 Å². The SMILES string of the molecule is CC(=O)c1ccccc1NC(=O)CNc1ccc(C)cc1Cl. The van der Waals surface area contributed by atoms with Gasteiger partial charge in [-0.15, -0.1) is 0 Å². The van der Waals surface area contributed by atoms with E-state index in [-0.39, 0.29) is 18.2 Å². The first kappa shape index (κ1) is 16.0. The van der Waals surface area contributed by atoms with Gasteiger partial charge in [0.15, 0.2) is 5.78 Å². The third-order valence-corrected chi connectivity index (χ3v) is 3.46. The second-order valence-electron chi connectivity index (χ2n) is 4.99. The van der Waals surface area contributed by atoms with E-state index in [1.807, 2.05) is 25.1 Å². The summed E-state index contributed by atoms with van der Waals surface area (Å²) in [5.41, 5.74) is 2.75. The Morgan fingerprint density at radius 1 is 1.09 bits per heavy atom. The molecule has 0 unspecified atom stereocenters. The molecule has 0 aliphatic carbocycles. The number of carbonyl (C=O) groups excluding carboxylic acids is 2. The zero-order chi connectivity index (χ0) is 16.1.